The zero-order valence-corrected chi connectivity index (χ0v) is 10.9. The van der Waals surface area contributed by atoms with Crippen molar-refractivity contribution in [1.82, 2.24) is 10.3 Å². The van der Waals surface area contributed by atoms with E-state index in [4.69, 9.17) is 5.73 Å². The lowest BCUT2D eigenvalue weighted by atomic mass is 9.70. The van der Waals surface area contributed by atoms with Gasteiger partial charge in [-0.25, -0.2) is 4.98 Å². The van der Waals surface area contributed by atoms with Gasteiger partial charge in [0.15, 0.2) is 0 Å². The summed E-state index contributed by atoms with van der Waals surface area (Å²) in [4.78, 5) is 4.50. The van der Waals surface area contributed by atoms with Crippen LogP contribution in [0.3, 0.4) is 0 Å². The molecule has 1 aliphatic carbocycles. The van der Waals surface area contributed by atoms with E-state index in [-0.39, 0.29) is 6.04 Å². The van der Waals surface area contributed by atoms with Gasteiger partial charge in [0.1, 0.15) is 5.01 Å². The smallest absolute Gasteiger partial charge is 0.109 e. The molecule has 0 aromatic carbocycles. The van der Waals surface area contributed by atoms with Gasteiger partial charge in [0.2, 0.25) is 0 Å². The van der Waals surface area contributed by atoms with E-state index in [1.807, 2.05) is 6.92 Å². The largest absolute Gasteiger partial charge is 0.322 e. The summed E-state index contributed by atoms with van der Waals surface area (Å²) < 4.78 is 0. The Balaban J connectivity index is 1.76. The zero-order chi connectivity index (χ0) is 11.6. The van der Waals surface area contributed by atoms with Crippen LogP contribution in [0.5, 0.6) is 0 Å². The average molecular weight is 239 g/mol. The molecule has 0 saturated heterocycles. The Hall–Kier alpha value is -0.450. The fourth-order valence-corrected chi connectivity index (χ4v) is 2.84. The van der Waals surface area contributed by atoms with Crippen LogP contribution in [0.25, 0.3) is 0 Å². The van der Waals surface area contributed by atoms with Gasteiger partial charge in [-0.3, -0.25) is 0 Å². The molecule has 90 valence electrons. The normalized spacial score (nSPS) is 20.4. The molecule has 4 heteroatoms. The van der Waals surface area contributed by atoms with Gasteiger partial charge in [-0.2, -0.15) is 0 Å². The number of thiazole rings is 1. The first-order chi connectivity index (χ1) is 7.59. The molecule has 1 unspecified atom stereocenters. The third-order valence-electron chi connectivity index (χ3n) is 3.38. The molecule has 1 fully saturated rings. The van der Waals surface area contributed by atoms with Crippen molar-refractivity contribution < 1.29 is 0 Å². The van der Waals surface area contributed by atoms with Crippen LogP contribution in [0.1, 0.15) is 49.9 Å². The summed E-state index contributed by atoms with van der Waals surface area (Å²) in [6.45, 7) is 6.32. The van der Waals surface area contributed by atoms with Crippen LogP contribution >= 0.6 is 11.3 Å². The Kier molecular flexibility index (Phi) is 3.62. The highest BCUT2D eigenvalue weighted by molar-refractivity contribution is 7.09. The van der Waals surface area contributed by atoms with E-state index in [0.29, 0.717) is 5.41 Å². The topological polar surface area (TPSA) is 50.9 Å². The summed E-state index contributed by atoms with van der Waals surface area (Å²) in [7, 11) is 0. The van der Waals surface area contributed by atoms with Crippen molar-refractivity contribution in [2.45, 2.75) is 45.7 Å². The fourth-order valence-electron chi connectivity index (χ4n) is 2.06. The van der Waals surface area contributed by atoms with Gasteiger partial charge in [0, 0.05) is 18.5 Å². The van der Waals surface area contributed by atoms with Gasteiger partial charge in [-0.05, 0) is 25.2 Å². The van der Waals surface area contributed by atoms with Gasteiger partial charge >= 0.3 is 0 Å². The van der Waals surface area contributed by atoms with Gasteiger partial charge in [0.05, 0.1) is 11.7 Å². The standard InChI is InChI=1S/C12H21N3S/c1-9(13)11-15-10(7-16-11)6-14-8-12(2)4-3-5-12/h7,9,14H,3-6,8,13H2,1-2H3. The molecule has 1 heterocycles. The highest BCUT2D eigenvalue weighted by Gasteiger charge is 2.30. The van der Waals surface area contributed by atoms with Gasteiger partial charge in [0.25, 0.3) is 0 Å². The molecular formula is C12H21N3S. The summed E-state index contributed by atoms with van der Waals surface area (Å²) in [5.41, 5.74) is 7.45. The van der Waals surface area contributed by atoms with Crippen molar-refractivity contribution >= 4 is 11.3 Å². The molecule has 0 bridgehead atoms. The summed E-state index contributed by atoms with van der Waals surface area (Å²) in [6.07, 6.45) is 4.12. The van der Waals surface area contributed by atoms with Crippen molar-refractivity contribution in [2.75, 3.05) is 6.54 Å². The predicted molar refractivity (Wildman–Crippen MR) is 68.4 cm³/mol. The molecule has 2 rings (SSSR count). The molecule has 1 aromatic rings. The van der Waals surface area contributed by atoms with E-state index in [0.717, 1.165) is 23.8 Å². The molecule has 0 radical (unpaired) electrons. The van der Waals surface area contributed by atoms with Crippen molar-refractivity contribution in [2.24, 2.45) is 11.1 Å². The Bertz CT molecular complexity index is 342. The summed E-state index contributed by atoms with van der Waals surface area (Å²) >= 11 is 1.66. The maximum Gasteiger partial charge on any atom is 0.109 e. The summed E-state index contributed by atoms with van der Waals surface area (Å²) in [5.74, 6) is 0. The van der Waals surface area contributed by atoms with Crippen LogP contribution in [0.4, 0.5) is 0 Å². The van der Waals surface area contributed by atoms with E-state index in [1.54, 1.807) is 11.3 Å². The van der Waals surface area contributed by atoms with Crippen LogP contribution in [0.15, 0.2) is 5.38 Å². The van der Waals surface area contributed by atoms with E-state index in [2.05, 4.69) is 22.6 Å². The maximum absolute atomic E-state index is 5.78. The molecule has 1 aromatic heterocycles. The highest BCUT2D eigenvalue weighted by Crippen LogP contribution is 2.39. The minimum atomic E-state index is 0.0582. The van der Waals surface area contributed by atoms with Crippen LogP contribution < -0.4 is 11.1 Å². The number of aromatic nitrogens is 1. The molecule has 0 aliphatic heterocycles. The average Bonchev–Trinajstić information content (AvgIpc) is 2.64. The van der Waals surface area contributed by atoms with E-state index < -0.39 is 0 Å². The number of rotatable bonds is 5. The first-order valence-electron chi connectivity index (χ1n) is 6.00. The van der Waals surface area contributed by atoms with Gasteiger partial charge in [-0.1, -0.05) is 13.3 Å². The van der Waals surface area contributed by atoms with Crippen molar-refractivity contribution in [3.63, 3.8) is 0 Å². The Morgan fingerprint density at radius 3 is 2.88 bits per heavy atom. The minimum absolute atomic E-state index is 0.0582. The number of nitrogens with one attached hydrogen (secondary N) is 1. The SMILES string of the molecule is CC(N)c1nc(CNCC2(C)CCC2)cs1. The fraction of sp³-hybridized carbons (Fsp3) is 0.750. The second kappa shape index (κ2) is 4.82. The molecule has 1 saturated carbocycles. The van der Waals surface area contributed by atoms with Crippen molar-refractivity contribution in [1.29, 1.82) is 0 Å². The van der Waals surface area contributed by atoms with Crippen LogP contribution in [-0.4, -0.2) is 11.5 Å². The van der Waals surface area contributed by atoms with Gasteiger partial charge < -0.3 is 11.1 Å². The predicted octanol–water partition coefficient (Wildman–Crippen LogP) is 2.44. The Labute approximate surface area is 101 Å². The molecule has 1 atom stereocenters. The zero-order valence-electron chi connectivity index (χ0n) is 10.1. The maximum atomic E-state index is 5.78. The molecule has 3 N–H and O–H groups in total. The van der Waals surface area contributed by atoms with Crippen LogP contribution in [-0.2, 0) is 6.54 Å². The molecule has 3 nitrogen and oxygen atoms in total. The van der Waals surface area contributed by atoms with Crippen molar-refractivity contribution in [3.8, 4) is 0 Å². The molecule has 1 aliphatic rings. The molecular weight excluding hydrogens is 218 g/mol. The second-order valence-electron chi connectivity index (χ2n) is 5.23. The lowest BCUT2D eigenvalue weighted by Crippen LogP contribution is -2.37. The number of hydrogen-bond acceptors (Lipinski definition) is 4. The monoisotopic (exact) mass is 239 g/mol. The number of nitrogens with two attached hydrogens (primary N) is 1. The van der Waals surface area contributed by atoms with Crippen LogP contribution in [0, 0.1) is 5.41 Å². The van der Waals surface area contributed by atoms with E-state index in [9.17, 15) is 0 Å². The number of hydrogen-bond donors (Lipinski definition) is 2. The first kappa shape index (κ1) is 12.0. The third-order valence-corrected chi connectivity index (χ3v) is 4.47. The summed E-state index contributed by atoms with van der Waals surface area (Å²) in [6, 6.07) is 0.0582. The minimum Gasteiger partial charge on any atom is -0.322 e. The Morgan fingerprint density at radius 1 is 1.62 bits per heavy atom. The lowest BCUT2D eigenvalue weighted by molar-refractivity contribution is 0.156. The lowest BCUT2D eigenvalue weighted by Gasteiger charge is -2.38. The van der Waals surface area contributed by atoms with Crippen molar-refractivity contribution in [3.05, 3.63) is 16.1 Å². The Morgan fingerprint density at radius 2 is 2.38 bits per heavy atom. The van der Waals surface area contributed by atoms with Gasteiger partial charge in [-0.15, -0.1) is 11.3 Å². The summed E-state index contributed by atoms with van der Waals surface area (Å²) in [5, 5.41) is 6.64. The van der Waals surface area contributed by atoms with E-state index >= 15 is 0 Å². The molecule has 0 amide bonds. The number of nitrogens with zero attached hydrogens (tertiary/aromatic N) is 1. The quantitative estimate of drug-likeness (QED) is 0.830. The third kappa shape index (κ3) is 2.81. The first-order valence-corrected chi connectivity index (χ1v) is 6.88. The van der Waals surface area contributed by atoms with Crippen LogP contribution in [0.2, 0.25) is 0 Å². The molecule has 16 heavy (non-hydrogen) atoms. The molecule has 0 spiro atoms. The second-order valence-corrected chi connectivity index (χ2v) is 6.12. The highest BCUT2D eigenvalue weighted by atomic mass is 32.1. The van der Waals surface area contributed by atoms with E-state index in [1.165, 1.54) is 19.3 Å².